The van der Waals surface area contributed by atoms with Gasteiger partial charge in [-0.15, -0.1) is 0 Å². The Hall–Kier alpha value is -4.45. The maximum absolute atomic E-state index is 14.7. The van der Waals surface area contributed by atoms with Crippen molar-refractivity contribution in [2.45, 2.75) is 44.8 Å². The van der Waals surface area contributed by atoms with E-state index in [4.69, 9.17) is 25.8 Å². The van der Waals surface area contributed by atoms with Gasteiger partial charge in [0.25, 0.3) is 0 Å². The summed E-state index contributed by atoms with van der Waals surface area (Å²) >= 11 is 5.88. The van der Waals surface area contributed by atoms with E-state index in [1.807, 2.05) is 0 Å². The second-order valence-electron chi connectivity index (χ2n) is 10.6. The average Bonchev–Trinajstić information content (AvgIpc) is 3.01. The number of cyclic esters (lactones) is 1. The fourth-order valence-corrected chi connectivity index (χ4v) is 5.66. The molecule has 0 unspecified atom stereocenters. The highest BCUT2D eigenvalue weighted by molar-refractivity contribution is 6.30. The number of aromatic nitrogens is 1. The van der Waals surface area contributed by atoms with Gasteiger partial charge in [-0.2, -0.15) is 0 Å². The minimum Gasteiger partial charge on any atom is -0.481 e. The highest BCUT2D eigenvalue weighted by Gasteiger charge is 2.37. The van der Waals surface area contributed by atoms with Gasteiger partial charge in [0.15, 0.2) is 5.82 Å². The monoisotopic (exact) mass is 628 g/mol. The first kappa shape index (κ1) is 31.0. The number of hydrogen-bond donors (Lipinski definition) is 2. The molecule has 0 radical (unpaired) electrons. The Morgan fingerprint density at radius 1 is 1.11 bits per heavy atom. The number of ether oxygens (including phenoxy) is 3. The Bertz CT molecular complexity index is 1610. The Morgan fingerprint density at radius 3 is 2.64 bits per heavy atom. The quantitative estimate of drug-likeness (QED) is 0.292. The first-order chi connectivity index (χ1) is 21.1. The van der Waals surface area contributed by atoms with E-state index in [1.165, 1.54) is 19.1 Å². The summed E-state index contributed by atoms with van der Waals surface area (Å²) in [7, 11) is 2.72. The van der Waals surface area contributed by atoms with Gasteiger partial charge in [-0.05, 0) is 48.7 Å². The van der Waals surface area contributed by atoms with Gasteiger partial charge in [0.05, 0.1) is 42.2 Å². The summed E-state index contributed by atoms with van der Waals surface area (Å²) in [4.78, 5) is 44.6. The number of rotatable bonds is 4. The number of carbonyl (C=O) groups is 3. The molecule has 2 N–H and O–H groups in total. The molecule has 2 aliphatic rings. The molecular weight excluding hydrogens is 598 g/mol. The zero-order chi connectivity index (χ0) is 31.5. The molecule has 3 atom stereocenters. The van der Waals surface area contributed by atoms with Crippen molar-refractivity contribution in [2.75, 3.05) is 31.4 Å². The van der Waals surface area contributed by atoms with Crippen LogP contribution in [0.1, 0.15) is 56.0 Å². The zero-order valence-electron chi connectivity index (χ0n) is 24.3. The molecule has 2 aromatic carbocycles. The van der Waals surface area contributed by atoms with Crippen LogP contribution in [0.3, 0.4) is 0 Å². The maximum Gasteiger partial charge on any atom is 0.411 e. The lowest BCUT2D eigenvalue weighted by molar-refractivity contribution is -0.119. The van der Waals surface area contributed by atoms with Gasteiger partial charge in [-0.25, -0.2) is 23.4 Å². The zero-order valence-corrected chi connectivity index (χ0v) is 25.0. The van der Waals surface area contributed by atoms with Crippen molar-refractivity contribution in [2.24, 2.45) is 5.92 Å². The van der Waals surface area contributed by atoms with Gasteiger partial charge in [-0.1, -0.05) is 31.0 Å². The second kappa shape index (κ2) is 13.0. The fourth-order valence-electron chi connectivity index (χ4n) is 5.49. The molecule has 1 saturated heterocycles. The smallest absolute Gasteiger partial charge is 0.411 e. The van der Waals surface area contributed by atoms with Gasteiger partial charge in [0.2, 0.25) is 11.8 Å². The van der Waals surface area contributed by atoms with Crippen LogP contribution in [-0.4, -0.2) is 48.7 Å². The second-order valence-corrected chi connectivity index (χ2v) is 11.1. The number of nitrogens with one attached hydrogen (secondary N) is 2. The molecule has 2 aliphatic heterocycles. The number of benzene rings is 2. The van der Waals surface area contributed by atoms with E-state index in [-0.39, 0.29) is 41.3 Å². The fraction of sp³-hybridized carbons (Fsp3) is 0.355. The minimum absolute atomic E-state index is 0.116. The number of amides is 3. The van der Waals surface area contributed by atoms with Crippen molar-refractivity contribution in [3.8, 4) is 17.0 Å². The predicted molar refractivity (Wildman–Crippen MR) is 159 cm³/mol. The molecule has 5 rings (SSSR count). The van der Waals surface area contributed by atoms with Crippen LogP contribution >= 0.6 is 11.6 Å². The number of carbonyl (C=O) groups excluding carboxylic acids is 3. The molecule has 3 aromatic rings. The molecule has 13 heteroatoms. The van der Waals surface area contributed by atoms with Gasteiger partial charge in [0, 0.05) is 36.2 Å². The highest BCUT2D eigenvalue weighted by Crippen LogP contribution is 2.40. The largest absolute Gasteiger partial charge is 0.481 e. The number of halogens is 3. The third-order valence-corrected chi connectivity index (χ3v) is 8.13. The number of pyridine rings is 1. The summed E-state index contributed by atoms with van der Waals surface area (Å²) < 4.78 is 45.1. The molecule has 10 nitrogen and oxygen atoms in total. The van der Waals surface area contributed by atoms with E-state index in [0.29, 0.717) is 47.5 Å². The molecular formula is C31H31ClF2N4O6. The lowest BCUT2D eigenvalue weighted by Crippen LogP contribution is -2.42. The molecule has 0 spiro atoms. The van der Waals surface area contributed by atoms with E-state index in [1.54, 1.807) is 37.3 Å². The van der Waals surface area contributed by atoms with Crippen molar-refractivity contribution in [1.82, 2.24) is 9.88 Å². The van der Waals surface area contributed by atoms with Gasteiger partial charge in [-0.3, -0.25) is 15.0 Å². The number of fused-ring (bicyclic) bond motifs is 4. The predicted octanol–water partition coefficient (Wildman–Crippen LogP) is 7.25. The molecule has 1 fully saturated rings. The van der Waals surface area contributed by atoms with E-state index in [0.717, 1.165) is 12.1 Å². The van der Waals surface area contributed by atoms with Crippen LogP contribution in [0.25, 0.3) is 11.1 Å². The summed E-state index contributed by atoms with van der Waals surface area (Å²) in [5.41, 5.74) is 2.23. The van der Waals surface area contributed by atoms with Crippen LogP contribution in [0.15, 0.2) is 42.5 Å². The first-order valence-electron chi connectivity index (χ1n) is 14.1. The lowest BCUT2D eigenvalue weighted by Gasteiger charge is -2.37. The molecule has 3 amide bonds. The van der Waals surface area contributed by atoms with Crippen molar-refractivity contribution in [3.63, 3.8) is 0 Å². The van der Waals surface area contributed by atoms with Crippen molar-refractivity contribution < 1.29 is 37.4 Å². The SMILES string of the molecule is COC(=O)Nc1ccc2c(c1)NC(=O)[C@H](C)CCC[C@H](N1CC[C@@H](c3c(F)ccc(Cl)c3F)OC1=O)c1cc-2cc(OC)n1. The van der Waals surface area contributed by atoms with Gasteiger partial charge >= 0.3 is 12.2 Å². The van der Waals surface area contributed by atoms with Crippen LogP contribution in [0.4, 0.5) is 29.7 Å². The number of nitrogens with zero attached hydrogens (tertiary/aromatic N) is 2. The summed E-state index contributed by atoms with van der Waals surface area (Å²) in [5.74, 6) is -2.13. The standard InChI is InChI=1S/C31H31ClF2N4O6/c1-16-5-4-6-24(38-12-11-25(44-31(38)41)27-21(33)10-9-20(32)28(27)34)23-13-17(14-26(36-23)42-2)19-8-7-18(35-30(40)43-3)15-22(19)37-29(16)39/h7-10,13-16,24-25H,4-6,11-12H2,1-3H3,(H,35,40)(H,37,39)/t16-,24+,25+/m1/s1. The topological polar surface area (TPSA) is 119 Å². The van der Waals surface area contributed by atoms with E-state index < -0.39 is 36.0 Å². The molecule has 0 saturated carbocycles. The Labute approximate surface area is 257 Å². The average molecular weight is 629 g/mol. The molecule has 1 aromatic heterocycles. The van der Waals surface area contributed by atoms with Crippen LogP contribution in [0.5, 0.6) is 5.88 Å². The normalized spacial score (nSPS) is 20.3. The molecule has 2 bridgehead atoms. The molecule has 3 heterocycles. The van der Waals surface area contributed by atoms with Crippen LogP contribution in [-0.2, 0) is 14.3 Å². The van der Waals surface area contributed by atoms with Crippen molar-refractivity contribution in [1.29, 1.82) is 0 Å². The first-order valence-corrected chi connectivity index (χ1v) is 14.4. The van der Waals surface area contributed by atoms with Gasteiger partial charge < -0.3 is 19.5 Å². The lowest BCUT2D eigenvalue weighted by atomic mass is 9.94. The van der Waals surface area contributed by atoms with E-state index in [2.05, 4.69) is 15.6 Å². The molecule has 44 heavy (non-hydrogen) atoms. The third kappa shape index (κ3) is 6.40. The number of anilines is 2. The highest BCUT2D eigenvalue weighted by atomic mass is 35.5. The van der Waals surface area contributed by atoms with E-state index >= 15 is 0 Å². The molecule has 0 aliphatic carbocycles. The Balaban J connectivity index is 1.54. The third-order valence-electron chi connectivity index (χ3n) is 7.84. The minimum atomic E-state index is -1.15. The number of methoxy groups -OCH3 is 2. The van der Waals surface area contributed by atoms with Crippen LogP contribution < -0.4 is 15.4 Å². The Morgan fingerprint density at radius 2 is 1.91 bits per heavy atom. The number of hydrogen-bond acceptors (Lipinski definition) is 7. The van der Waals surface area contributed by atoms with Crippen LogP contribution in [0.2, 0.25) is 5.02 Å². The van der Waals surface area contributed by atoms with Crippen molar-refractivity contribution >= 4 is 41.1 Å². The summed E-state index contributed by atoms with van der Waals surface area (Å²) in [6, 6.07) is 10.1. The van der Waals surface area contributed by atoms with Crippen molar-refractivity contribution in [3.05, 3.63) is 70.4 Å². The van der Waals surface area contributed by atoms with E-state index in [9.17, 15) is 23.2 Å². The maximum atomic E-state index is 14.7. The Kier molecular flexibility index (Phi) is 9.19. The summed E-state index contributed by atoms with van der Waals surface area (Å²) in [6.45, 7) is 1.93. The summed E-state index contributed by atoms with van der Waals surface area (Å²) in [5, 5.41) is 5.31. The summed E-state index contributed by atoms with van der Waals surface area (Å²) in [6.07, 6.45) is -0.969. The van der Waals surface area contributed by atoms with Crippen LogP contribution in [0, 0.1) is 17.6 Å². The van der Waals surface area contributed by atoms with Gasteiger partial charge in [0.1, 0.15) is 11.9 Å². The molecule has 232 valence electrons.